The summed E-state index contributed by atoms with van der Waals surface area (Å²) in [4.78, 5) is 0. The van der Waals surface area contributed by atoms with Crippen LogP contribution in [0, 0.1) is 0 Å². The zero-order valence-corrected chi connectivity index (χ0v) is 13.5. The largest absolute Gasteiger partial charge is 0 e. The van der Waals surface area contributed by atoms with Crippen LogP contribution in [0.25, 0.3) is 0 Å². The maximum atomic E-state index is 11.4. The van der Waals surface area contributed by atoms with E-state index < -0.39 is 14.5 Å². The van der Waals surface area contributed by atoms with Crippen LogP contribution in [0.4, 0.5) is 0 Å². The van der Waals surface area contributed by atoms with E-state index in [9.17, 15) is 3.74 Å². The van der Waals surface area contributed by atoms with Crippen molar-refractivity contribution >= 4 is 41.8 Å². The van der Waals surface area contributed by atoms with Crippen LogP contribution in [0.15, 0.2) is 0 Å². The molecule has 0 fully saturated rings. The van der Waals surface area contributed by atoms with Crippen molar-refractivity contribution in [1.29, 1.82) is 0 Å². The Morgan fingerprint density at radius 2 is 1.17 bits per heavy atom. The first-order chi connectivity index (χ1) is 5.18. The molecule has 72 valence electrons. The molecule has 0 aliphatic rings. The summed E-state index contributed by atoms with van der Waals surface area (Å²) < 4.78 is 26.1. The van der Waals surface area contributed by atoms with E-state index in [1.165, 1.54) is 0 Å². The molecule has 6 heteroatoms. The molecule has 0 unspecified atom stereocenters. The van der Waals surface area contributed by atoms with Gasteiger partial charge in [-0.15, -0.1) is 0 Å². The van der Waals surface area contributed by atoms with E-state index in [4.69, 9.17) is 11.2 Å². The Morgan fingerprint density at radius 1 is 0.917 bits per heavy atom. The molecule has 0 saturated heterocycles. The molecule has 0 spiro atoms. The molecule has 0 aromatic carbocycles. The number of hydrogen-bond acceptors (Lipinski definition) is 4. The van der Waals surface area contributed by atoms with Gasteiger partial charge in [-0.25, -0.2) is 0 Å². The average Bonchev–Trinajstić information content (AvgIpc) is 1.88. The van der Waals surface area contributed by atoms with E-state index in [0.29, 0.717) is 19.8 Å². The molecule has 0 saturated carbocycles. The van der Waals surface area contributed by atoms with Gasteiger partial charge in [0, 0.05) is 27.3 Å². The van der Waals surface area contributed by atoms with Crippen molar-refractivity contribution in [1.82, 2.24) is 0 Å². The number of hydrogen-bond donors (Lipinski definition) is 0. The van der Waals surface area contributed by atoms with Gasteiger partial charge in [0.2, 0.25) is 0 Å². The molecule has 0 aliphatic heterocycles. The van der Waals surface area contributed by atoms with Crippen LogP contribution in [0.3, 0.4) is 0 Å². The van der Waals surface area contributed by atoms with Crippen molar-refractivity contribution in [2.24, 2.45) is 0 Å². The first-order valence-corrected chi connectivity index (χ1v) is 6.78. The van der Waals surface area contributed by atoms with Crippen LogP contribution in [0.5, 0.6) is 0 Å². The molecule has 0 aromatic rings. The molecule has 0 aliphatic carbocycles. The van der Waals surface area contributed by atoms with Crippen LogP contribution in [-0.2, 0) is 14.9 Å². The molecule has 0 N–H and O–H groups in total. The van der Waals surface area contributed by atoms with Crippen molar-refractivity contribution in [2.45, 2.75) is 20.8 Å². The normalized spacial score (nSPS) is 10.9. The van der Waals surface area contributed by atoms with Crippen LogP contribution >= 0.6 is 0 Å². The van der Waals surface area contributed by atoms with E-state index in [2.05, 4.69) is 0 Å². The molecular weight excluding hydrogens is 418 g/mol. The Balaban J connectivity index is 0. The fourth-order valence-electron chi connectivity index (χ4n) is 0.586. The Kier molecular flexibility index (Phi) is 11.4. The van der Waals surface area contributed by atoms with Crippen molar-refractivity contribution < 1.29 is 14.9 Å². The first-order valence-electron chi connectivity index (χ1n) is 3.72. The van der Waals surface area contributed by atoms with E-state index in [1.54, 1.807) is 20.8 Å². The Morgan fingerprint density at radius 3 is 1.33 bits per heavy atom. The zero-order valence-electron chi connectivity index (χ0n) is 7.70. The first kappa shape index (κ1) is 15.6. The molecule has 0 rings (SSSR count). The molecular formula is C6H15AsO4Pb. The predicted molar refractivity (Wildman–Crippen MR) is 47.1 cm³/mol. The summed E-state index contributed by atoms with van der Waals surface area (Å²) in [5.74, 6) is 0. The minimum Gasteiger partial charge on any atom is 0 e. The summed E-state index contributed by atoms with van der Waals surface area (Å²) in [6.45, 7) is 6.34. The third-order valence-electron chi connectivity index (χ3n) is 0.862. The van der Waals surface area contributed by atoms with E-state index >= 15 is 0 Å². The van der Waals surface area contributed by atoms with Gasteiger partial charge in [0.1, 0.15) is 0 Å². The van der Waals surface area contributed by atoms with E-state index in [1.807, 2.05) is 0 Å². The molecule has 0 bridgehead atoms. The topological polar surface area (TPSA) is 44.8 Å². The van der Waals surface area contributed by atoms with Gasteiger partial charge < -0.3 is 0 Å². The smallest absolute Gasteiger partial charge is 0 e. The molecule has 4 radical (unpaired) electrons. The molecule has 0 atom stereocenters. The van der Waals surface area contributed by atoms with Gasteiger partial charge in [0.05, 0.1) is 0 Å². The van der Waals surface area contributed by atoms with Gasteiger partial charge in [0.15, 0.2) is 0 Å². The minimum absolute atomic E-state index is 0. The second-order valence-corrected chi connectivity index (χ2v) is 5.20. The van der Waals surface area contributed by atoms with Gasteiger partial charge >= 0.3 is 70.0 Å². The Labute approximate surface area is 96.8 Å². The fourth-order valence-corrected chi connectivity index (χ4v) is 3.05. The molecule has 0 aromatic heterocycles. The standard InChI is InChI=1S/C6H15AsO4.Pb/c1-4-9-7(8,10-5-2)11-6-3;/h4-6H2,1-3H3;. The summed E-state index contributed by atoms with van der Waals surface area (Å²) in [6.07, 6.45) is 0. The van der Waals surface area contributed by atoms with Crippen molar-refractivity contribution in [3.63, 3.8) is 0 Å². The summed E-state index contributed by atoms with van der Waals surface area (Å²) in [5, 5.41) is 0. The Hall–Kier alpha value is 1.16. The molecule has 0 amide bonds. The third-order valence-corrected chi connectivity index (χ3v) is 4.48. The van der Waals surface area contributed by atoms with Gasteiger partial charge in [0.25, 0.3) is 0 Å². The monoisotopic (exact) mass is 434 g/mol. The summed E-state index contributed by atoms with van der Waals surface area (Å²) in [7, 11) is 0. The maximum Gasteiger partial charge on any atom is 0 e. The van der Waals surface area contributed by atoms with Crippen molar-refractivity contribution in [3.8, 4) is 0 Å². The van der Waals surface area contributed by atoms with Crippen molar-refractivity contribution in [2.75, 3.05) is 19.8 Å². The predicted octanol–water partition coefficient (Wildman–Crippen LogP) is 0.581. The number of rotatable bonds is 6. The van der Waals surface area contributed by atoms with E-state index in [-0.39, 0.29) is 27.3 Å². The summed E-state index contributed by atoms with van der Waals surface area (Å²) in [6, 6.07) is 0. The summed E-state index contributed by atoms with van der Waals surface area (Å²) in [5.41, 5.74) is 0. The van der Waals surface area contributed by atoms with Crippen molar-refractivity contribution in [3.05, 3.63) is 0 Å². The molecule has 0 heterocycles. The van der Waals surface area contributed by atoms with Gasteiger partial charge in [-0.1, -0.05) is 0 Å². The van der Waals surface area contributed by atoms with E-state index in [0.717, 1.165) is 0 Å². The second kappa shape index (κ2) is 8.75. The second-order valence-electron chi connectivity index (χ2n) is 1.70. The van der Waals surface area contributed by atoms with Crippen LogP contribution in [0.1, 0.15) is 20.8 Å². The third kappa shape index (κ3) is 6.65. The zero-order chi connectivity index (χ0) is 8.74. The van der Waals surface area contributed by atoms with Gasteiger partial charge in [-0.2, -0.15) is 0 Å². The minimum atomic E-state index is -3.83. The summed E-state index contributed by atoms with van der Waals surface area (Å²) >= 11 is -3.83. The van der Waals surface area contributed by atoms with Gasteiger partial charge in [-0.3, -0.25) is 0 Å². The van der Waals surface area contributed by atoms with Crippen LogP contribution in [-0.4, -0.2) is 61.6 Å². The fraction of sp³-hybridized carbons (Fsp3) is 1.00. The van der Waals surface area contributed by atoms with Gasteiger partial charge in [-0.05, 0) is 0 Å². The maximum absolute atomic E-state index is 11.4. The SMILES string of the molecule is CCO[As](=O)(OCC)OCC.[Pb]. The average molecular weight is 433 g/mol. The molecule has 12 heavy (non-hydrogen) atoms. The van der Waals surface area contributed by atoms with Crippen LogP contribution in [0.2, 0.25) is 0 Å². The Bertz CT molecular complexity index is 118. The van der Waals surface area contributed by atoms with Crippen LogP contribution < -0.4 is 0 Å². The quantitative estimate of drug-likeness (QED) is 0.576. The molecule has 4 nitrogen and oxygen atoms in total.